The van der Waals surface area contributed by atoms with Crippen molar-refractivity contribution in [2.24, 2.45) is 0 Å². The van der Waals surface area contributed by atoms with E-state index in [0.717, 1.165) is 34.3 Å². The van der Waals surface area contributed by atoms with Crippen molar-refractivity contribution < 1.29 is 14.3 Å². The first-order valence-corrected chi connectivity index (χ1v) is 10.4. The fourth-order valence-electron chi connectivity index (χ4n) is 2.75. The summed E-state index contributed by atoms with van der Waals surface area (Å²) in [4.78, 5) is 12.3. The fraction of sp³-hybridized carbons (Fsp3) is 0.409. The number of carbonyl (C=O) groups excluding carboxylic acids is 1. The second-order valence-electron chi connectivity index (χ2n) is 6.64. The zero-order valence-electron chi connectivity index (χ0n) is 16.8. The molecule has 0 heterocycles. The third-order valence-electron chi connectivity index (χ3n) is 4.33. The monoisotopic (exact) mass is 448 g/mol. The van der Waals surface area contributed by atoms with Crippen molar-refractivity contribution in [1.29, 1.82) is 0 Å². The molecule has 0 unspecified atom stereocenters. The van der Waals surface area contributed by atoms with E-state index in [-0.39, 0.29) is 12.5 Å². The first-order valence-electron chi connectivity index (χ1n) is 9.60. The van der Waals surface area contributed by atoms with Crippen molar-refractivity contribution in [3.8, 4) is 11.5 Å². The minimum atomic E-state index is -0.215. The topological polar surface area (TPSA) is 59.6 Å². The van der Waals surface area contributed by atoms with Gasteiger partial charge in [0.15, 0.2) is 18.1 Å². The van der Waals surface area contributed by atoms with Crippen LogP contribution in [-0.2, 0) is 11.3 Å². The van der Waals surface area contributed by atoms with Crippen LogP contribution in [0.1, 0.15) is 37.3 Å². The molecular formula is C22H29BrN2O3. The quantitative estimate of drug-likeness (QED) is 0.471. The Labute approximate surface area is 175 Å². The van der Waals surface area contributed by atoms with E-state index >= 15 is 0 Å². The molecule has 0 aliphatic carbocycles. The first kappa shape index (κ1) is 22.2. The maximum absolute atomic E-state index is 12.3. The Hall–Kier alpha value is -2.05. The number of unbranched alkanes of at least 4 members (excludes halogenated alkanes) is 2. The van der Waals surface area contributed by atoms with Crippen LogP contribution in [0.4, 0.5) is 5.69 Å². The van der Waals surface area contributed by atoms with Gasteiger partial charge in [-0.25, -0.2) is 0 Å². The first-order chi connectivity index (χ1) is 13.5. The number of benzene rings is 2. The Morgan fingerprint density at radius 3 is 2.54 bits per heavy atom. The maximum atomic E-state index is 12.3. The number of anilines is 1. The Balaban J connectivity index is 2.02. The molecule has 2 aromatic carbocycles. The van der Waals surface area contributed by atoms with Crippen molar-refractivity contribution in [3.63, 3.8) is 0 Å². The summed E-state index contributed by atoms with van der Waals surface area (Å²) in [5, 5.41) is 6.28. The molecule has 0 aromatic heterocycles. The molecule has 28 heavy (non-hydrogen) atoms. The van der Waals surface area contributed by atoms with Crippen LogP contribution < -0.4 is 20.1 Å². The zero-order valence-corrected chi connectivity index (χ0v) is 18.4. The summed E-state index contributed by atoms with van der Waals surface area (Å²) >= 11 is 3.58. The van der Waals surface area contributed by atoms with E-state index in [4.69, 9.17) is 9.47 Å². The van der Waals surface area contributed by atoms with E-state index in [1.54, 1.807) is 7.11 Å². The number of nitrogens with one attached hydrogen (secondary N) is 2. The van der Waals surface area contributed by atoms with E-state index in [1.165, 1.54) is 12.8 Å². The van der Waals surface area contributed by atoms with Crippen LogP contribution >= 0.6 is 15.9 Å². The van der Waals surface area contributed by atoms with Crippen LogP contribution in [0.15, 0.2) is 40.9 Å². The lowest BCUT2D eigenvalue weighted by Crippen LogP contribution is -2.22. The molecule has 2 aromatic rings. The molecule has 0 saturated carbocycles. The molecule has 0 spiro atoms. The number of carbonyl (C=O) groups is 1. The van der Waals surface area contributed by atoms with Gasteiger partial charge in [-0.2, -0.15) is 0 Å². The summed E-state index contributed by atoms with van der Waals surface area (Å²) in [5.74, 6) is 0.975. The van der Waals surface area contributed by atoms with E-state index < -0.39 is 0 Å². The highest BCUT2D eigenvalue weighted by molar-refractivity contribution is 9.10. The molecule has 0 saturated heterocycles. The van der Waals surface area contributed by atoms with Gasteiger partial charge >= 0.3 is 0 Å². The zero-order chi connectivity index (χ0) is 20.4. The molecular weight excluding hydrogens is 420 g/mol. The number of amides is 1. The predicted octanol–water partition coefficient (Wildman–Crippen LogP) is 5.06. The van der Waals surface area contributed by atoms with Crippen LogP contribution in [0.5, 0.6) is 11.5 Å². The van der Waals surface area contributed by atoms with Gasteiger partial charge in [0.2, 0.25) is 0 Å². The Bertz CT molecular complexity index is 763. The summed E-state index contributed by atoms with van der Waals surface area (Å²) in [6.07, 6.45) is 3.52. The van der Waals surface area contributed by atoms with Gasteiger partial charge in [0.1, 0.15) is 0 Å². The smallest absolute Gasteiger partial charge is 0.262 e. The van der Waals surface area contributed by atoms with Crippen LogP contribution in [-0.4, -0.2) is 26.2 Å². The van der Waals surface area contributed by atoms with Gasteiger partial charge in [0.05, 0.1) is 7.11 Å². The molecule has 0 bridgehead atoms. The van der Waals surface area contributed by atoms with Crippen molar-refractivity contribution in [3.05, 3.63) is 52.0 Å². The molecule has 0 fully saturated rings. The number of methoxy groups -OCH3 is 1. The second kappa shape index (κ2) is 11.7. The van der Waals surface area contributed by atoms with Crippen molar-refractivity contribution in [1.82, 2.24) is 5.32 Å². The molecule has 5 nitrogen and oxygen atoms in total. The van der Waals surface area contributed by atoms with Crippen molar-refractivity contribution in [2.45, 2.75) is 39.7 Å². The molecule has 6 heteroatoms. The number of hydrogen-bond acceptors (Lipinski definition) is 4. The molecule has 2 rings (SSSR count). The van der Waals surface area contributed by atoms with Crippen molar-refractivity contribution >= 4 is 27.5 Å². The van der Waals surface area contributed by atoms with Gasteiger partial charge in [-0.1, -0.05) is 53.4 Å². The molecule has 0 aliphatic rings. The van der Waals surface area contributed by atoms with Crippen LogP contribution in [0.3, 0.4) is 0 Å². The summed E-state index contributed by atoms with van der Waals surface area (Å²) in [6.45, 7) is 5.67. The Morgan fingerprint density at radius 2 is 1.86 bits per heavy atom. The minimum Gasteiger partial charge on any atom is -0.493 e. The van der Waals surface area contributed by atoms with E-state index in [0.29, 0.717) is 18.0 Å². The van der Waals surface area contributed by atoms with E-state index in [2.05, 4.69) is 33.5 Å². The molecule has 0 radical (unpaired) electrons. The normalized spacial score (nSPS) is 10.6. The van der Waals surface area contributed by atoms with E-state index in [9.17, 15) is 4.79 Å². The number of rotatable bonds is 11. The molecule has 2 N–H and O–H groups in total. The lowest BCUT2D eigenvalue weighted by Gasteiger charge is -2.17. The van der Waals surface area contributed by atoms with Gasteiger partial charge < -0.3 is 20.1 Å². The maximum Gasteiger partial charge on any atom is 0.262 e. The second-order valence-corrected chi connectivity index (χ2v) is 7.50. The summed E-state index contributed by atoms with van der Waals surface area (Å²) in [5.41, 5.74) is 2.83. The lowest BCUT2D eigenvalue weighted by atomic mass is 10.1. The number of aryl methyl sites for hydroxylation is 1. The van der Waals surface area contributed by atoms with Gasteiger partial charge in [0, 0.05) is 22.3 Å². The predicted molar refractivity (Wildman–Crippen MR) is 117 cm³/mol. The average Bonchev–Trinajstić information content (AvgIpc) is 2.69. The third-order valence-corrected chi connectivity index (χ3v) is 5.07. The standard InChI is InChI=1S/C22H29BrN2O3/c1-4-5-6-13-24-14-18-19(23)11-12-20(27-3)22(18)28-15-21(26)25-17-9-7-16(2)8-10-17/h7-12,24H,4-6,13-15H2,1-3H3,(H,25,26). The average molecular weight is 449 g/mol. The van der Waals surface area contributed by atoms with Crippen LogP contribution in [0, 0.1) is 6.92 Å². The summed E-state index contributed by atoms with van der Waals surface area (Å²) in [7, 11) is 1.60. The third kappa shape index (κ3) is 6.84. The summed E-state index contributed by atoms with van der Waals surface area (Å²) < 4.78 is 12.2. The Morgan fingerprint density at radius 1 is 1.11 bits per heavy atom. The van der Waals surface area contributed by atoms with Gasteiger partial charge in [0.25, 0.3) is 5.91 Å². The highest BCUT2D eigenvalue weighted by atomic mass is 79.9. The molecule has 1 amide bonds. The van der Waals surface area contributed by atoms with Crippen LogP contribution in [0.25, 0.3) is 0 Å². The highest BCUT2D eigenvalue weighted by Gasteiger charge is 2.16. The molecule has 0 aliphatic heterocycles. The van der Waals surface area contributed by atoms with Crippen molar-refractivity contribution in [2.75, 3.05) is 25.6 Å². The van der Waals surface area contributed by atoms with Gasteiger partial charge in [-0.05, 0) is 44.2 Å². The number of ether oxygens (including phenoxy) is 2. The Kier molecular flexibility index (Phi) is 9.31. The number of halogens is 1. The van der Waals surface area contributed by atoms with E-state index in [1.807, 2.05) is 43.3 Å². The lowest BCUT2D eigenvalue weighted by molar-refractivity contribution is -0.118. The summed E-state index contributed by atoms with van der Waals surface area (Å²) in [6, 6.07) is 11.4. The fourth-order valence-corrected chi connectivity index (χ4v) is 3.20. The van der Waals surface area contributed by atoms with Gasteiger partial charge in [-0.15, -0.1) is 0 Å². The number of hydrogen-bond donors (Lipinski definition) is 2. The minimum absolute atomic E-state index is 0.0937. The molecule has 152 valence electrons. The highest BCUT2D eigenvalue weighted by Crippen LogP contribution is 2.36. The largest absolute Gasteiger partial charge is 0.493 e. The van der Waals surface area contributed by atoms with Crippen LogP contribution in [0.2, 0.25) is 0 Å². The SMILES string of the molecule is CCCCCNCc1c(Br)ccc(OC)c1OCC(=O)Nc1ccc(C)cc1. The molecule has 0 atom stereocenters. The van der Waals surface area contributed by atoms with Gasteiger partial charge in [-0.3, -0.25) is 4.79 Å².